The van der Waals surface area contributed by atoms with Gasteiger partial charge in [0.2, 0.25) is 5.95 Å². The fraction of sp³-hybridized carbons (Fsp3) is 0.273. The number of anilines is 3. The zero-order valence-corrected chi connectivity index (χ0v) is 18.0. The number of rotatable bonds is 7. The number of nitrogens with two attached hydrogens (primary N) is 1. The summed E-state index contributed by atoms with van der Waals surface area (Å²) >= 11 is 0. The molecule has 1 aliphatic heterocycles. The summed E-state index contributed by atoms with van der Waals surface area (Å²) in [5.74, 6) is 0.824. The summed E-state index contributed by atoms with van der Waals surface area (Å²) in [6, 6.07) is 8.97. The van der Waals surface area contributed by atoms with E-state index >= 15 is 0 Å². The maximum atomic E-state index is 13.4. The molecule has 1 amide bonds. The Morgan fingerprint density at radius 2 is 2.18 bits per heavy atom. The van der Waals surface area contributed by atoms with Gasteiger partial charge < -0.3 is 16.0 Å². The first-order chi connectivity index (χ1) is 15.9. The van der Waals surface area contributed by atoms with Crippen LogP contribution < -0.4 is 16.0 Å². The zero-order valence-electron chi connectivity index (χ0n) is 18.0. The Morgan fingerprint density at radius 3 is 2.94 bits per heavy atom. The van der Waals surface area contributed by atoms with Gasteiger partial charge in [-0.1, -0.05) is 6.07 Å². The highest BCUT2D eigenvalue weighted by molar-refractivity contribution is 5.93. The van der Waals surface area contributed by atoms with Crippen LogP contribution in [-0.2, 0) is 11.2 Å². The number of hydrogen-bond donors (Lipinski definition) is 3. The molecule has 5 heterocycles. The molecule has 1 fully saturated rings. The molecular formula is C22H23N9O2. The quantitative estimate of drug-likeness (QED) is 0.390. The predicted molar refractivity (Wildman–Crippen MR) is 121 cm³/mol. The maximum Gasteiger partial charge on any atom is 0.266 e. The minimum atomic E-state index is -0.737. The molecule has 0 bridgehead atoms. The van der Waals surface area contributed by atoms with E-state index in [2.05, 4.69) is 25.6 Å². The topological polar surface area (TPSA) is 147 Å². The summed E-state index contributed by atoms with van der Waals surface area (Å²) in [6.45, 7) is 2.61. The van der Waals surface area contributed by atoms with Gasteiger partial charge in [-0.15, -0.1) is 5.10 Å². The normalized spacial score (nSPS) is 18.0. The van der Waals surface area contributed by atoms with E-state index < -0.39 is 11.4 Å². The highest BCUT2D eigenvalue weighted by Gasteiger charge is 2.44. The van der Waals surface area contributed by atoms with Crippen molar-refractivity contribution in [3.63, 3.8) is 0 Å². The lowest BCUT2D eigenvalue weighted by molar-refractivity contribution is -0.122. The van der Waals surface area contributed by atoms with E-state index in [1.54, 1.807) is 16.9 Å². The number of Topliss-reactive ketones (excluding diaryl/α,β-unsaturated/α-hetero) is 1. The van der Waals surface area contributed by atoms with Crippen LogP contribution in [-0.4, -0.2) is 53.6 Å². The number of aromatic amines is 1. The minimum absolute atomic E-state index is 0.0945. The monoisotopic (exact) mass is 445 g/mol. The van der Waals surface area contributed by atoms with Crippen molar-refractivity contribution < 1.29 is 9.59 Å². The highest BCUT2D eigenvalue weighted by Crippen LogP contribution is 2.35. The van der Waals surface area contributed by atoms with Crippen molar-refractivity contribution in [3.8, 4) is 0 Å². The molecule has 11 nitrogen and oxygen atoms in total. The predicted octanol–water partition coefficient (Wildman–Crippen LogP) is 1.86. The van der Waals surface area contributed by atoms with E-state index in [1.807, 2.05) is 42.3 Å². The van der Waals surface area contributed by atoms with Crippen LogP contribution in [0.25, 0.3) is 5.52 Å². The molecule has 33 heavy (non-hydrogen) atoms. The molecular weight excluding hydrogens is 422 g/mol. The van der Waals surface area contributed by atoms with Crippen molar-refractivity contribution in [2.45, 2.75) is 31.7 Å². The van der Waals surface area contributed by atoms with E-state index in [0.29, 0.717) is 37.0 Å². The zero-order chi connectivity index (χ0) is 23.0. The molecule has 0 radical (unpaired) electrons. The van der Waals surface area contributed by atoms with E-state index in [-0.39, 0.29) is 11.5 Å². The first kappa shape index (κ1) is 20.6. The van der Waals surface area contributed by atoms with E-state index in [9.17, 15) is 9.59 Å². The molecule has 4 aromatic rings. The largest absolute Gasteiger partial charge is 0.364 e. The third kappa shape index (κ3) is 3.77. The van der Waals surface area contributed by atoms with Gasteiger partial charge in [0.15, 0.2) is 17.4 Å². The molecule has 0 spiro atoms. The van der Waals surface area contributed by atoms with Crippen LogP contribution in [0.1, 0.15) is 35.8 Å². The smallest absolute Gasteiger partial charge is 0.266 e. The Bertz CT molecular complexity index is 1330. The lowest BCUT2D eigenvalue weighted by Gasteiger charge is -2.34. The summed E-state index contributed by atoms with van der Waals surface area (Å²) in [5.41, 5.74) is 6.36. The number of aromatic nitrogens is 6. The molecule has 168 valence electrons. The van der Waals surface area contributed by atoms with Crippen LogP contribution in [0, 0.1) is 0 Å². The molecule has 11 heteroatoms. The summed E-state index contributed by atoms with van der Waals surface area (Å²) < 4.78 is 1.71. The molecule has 5 rings (SSSR count). The Morgan fingerprint density at radius 1 is 1.30 bits per heavy atom. The molecule has 4 aromatic heterocycles. The summed E-state index contributed by atoms with van der Waals surface area (Å²) in [4.78, 5) is 35.6. The second-order valence-corrected chi connectivity index (χ2v) is 8.24. The first-order valence-electron chi connectivity index (χ1n) is 10.6. The Balaban J connectivity index is 1.48. The van der Waals surface area contributed by atoms with Crippen LogP contribution in [0.3, 0.4) is 0 Å². The van der Waals surface area contributed by atoms with Crippen LogP contribution >= 0.6 is 0 Å². The molecule has 1 atom stereocenters. The molecule has 0 unspecified atom stereocenters. The van der Waals surface area contributed by atoms with Gasteiger partial charge in [-0.2, -0.15) is 10.1 Å². The summed E-state index contributed by atoms with van der Waals surface area (Å²) in [7, 11) is 0. The Labute approximate surface area is 189 Å². The number of hydrogen-bond acceptors (Lipinski definition) is 8. The van der Waals surface area contributed by atoms with E-state index in [1.165, 1.54) is 6.07 Å². The lowest BCUT2D eigenvalue weighted by atomic mass is 9.89. The van der Waals surface area contributed by atoms with Crippen LogP contribution in [0.15, 0.2) is 48.9 Å². The van der Waals surface area contributed by atoms with Crippen molar-refractivity contribution in [3.05, 3.63) is 60.2 Å². The van der Waals surface area contributed by atoms with Gasteiger partial charge in [-0.05, 0) is 43.5 Å². The number of carbonyl (C=O) groups excluding carboxylic acids is 2. The fourth-order valence-electron chi connectivity index (χ4n) is 4.21. The second-order valence-electron chi connectivity index (χ2n) is 8.24. The van der Waals surface area contributed by atoms with Crippen molar-refractivity contribution in [1.82, 2.24) is 29.8 Å². The maximum absolute atomic E-state index is 13.4. The number of nitrogens with one attached hydrogen (secondary N) is 2. The first-order valence-corrected chi connectivity index (χ1v) is 10.6. The van der Waals surface area contributed by atoms with E-state index in [0.717, 1.165) is 17.5 Å². The Kier molecular flexibility index (Phi) is 5.00. The van der Waals surface area contributed by atoms with Crippen LogP contribution in [0.5, 0.6) is 0 Å². The number of pyridine rings is 1. The second kappa shape index (κ2) is 8.01. The fourth-order valence-corrected chi connectivity index (χ4v) is 4.21. The minimum Gasteiger partial charge on any atom is -0.364 e. The summed E-state index contributed by atoms with van der Waals surface area (Å²) in [5, 5.41) is 14.5. The van der Waals surface area contributed by atoms with Gasteiger partial charge >= 0.3 is 0 Å². The average molecular weight is 445 g/mol. The number of fused-ring (bicyclic) bond motifs is 1. The number of nitrogens with zero attached hydrogens (tertiary/aromatic N) is 6. The highest BCUT2D eigenvalue weighted by atomic mass is 16.1. The molecule has 4 N–H and O–H groups in total. The standard InChI is InChI=1S/C22H23N9O2/c1-22(17(32)11-14-5-2-8-24-13-14)7-4-9-30(22)21-26-20(16-6-3-10-31(16)29-21)25-18-12-15(19(23)33)27-28-18/h2-3,5-6,8,10,12-13H,4,7,9,11H2,1H3,(H2,23,33)(H2,25,26,27,28,29)/t22-/m0/s1. The number of ketones is 1. The van der Waals surface area contributed by atoms with E-state index in [4.69, 9.17) is 10.7 Å². The third-order valence-corrected chi connectivity index (χ3v) is 6.04. The molecule has 1 saturated heterocycles. The molecule has 0 aliphatic carbocycles. The van der Waals surface area contributed by atoms with Crippen molar-refractivity contribution >= 4 is 34.8 Å². The third-order valence-electron chi connectivity index (χ3n) is 6.04. The number of primary amides is 1. The summed E-state index contributed by atoms with van der Waals surface area (Å²) in [6.07, 6.45) is 7.08. The van der Waals surface area contributed by atoms with Gasteiger partial charge in [-0.3, -0.25) is 19.7 Å². The molecule has 0 saturated carbocycles. The van der Waals surface area contributed by atoms with Crippen molar-refractivity contribution in [2.75, 3.05) is 16.8 Å². The Hall–Kier alpha value is -4.28. The van der Waals surface area contributed by atoms with Gasteiger partial charge in [0.05, 0.1) is 5.54 Å². The molecule has 1 aliphatic rings. The van der Waals surface area contributed by atoms with Gasteiger partial charge in [0.25, 0.3) is 5.91 Å². The molecule has 0 aromatic carbocycles. The van der Waals surface area contributed by atoms with Gasteiger partial charge in [0.1, 0.15) is 11.2 Å². The lowest BCUT2D eigenvalue weighted by Crippen LogP contribution is -2.49. The van der Waals surface area contributed by atoms with Crippen LogP contribution in [0.4, 0.5) is 17.6 Å². The van der Waals surface area contributed by atoms with Crippen LogP contribution in [0.2, 0.25) is 0 Å². The van der Waals surface area contributed by atoms with Gasteiger partial charge in [-0.25, -0.2) is 4.52 Å². The number of amides is 1. The van der Waals surface area contributed by atoms with Crippen molar-refractivity contribution in [1.29, 1.82) is 0 Å². The SMILES string of the molecule is C[C@@]1(C(=O)Cc2cccnc2)CCCN1c1nc(Nc2cc(C(N)=O)[nH]n2)c2cccn2n1. The van der Waals surface area contributed by atoms with Gasteiger partial charge in [0, 0.05) is 37.6 Å². The number of H-pyrrole nitrogens is 1. The number of carbonyl (C=O) groups is 2. The average Bonchev–Trinajstić information content (AvgIpc) is 3.54. The van der Waals surface area contributed by atoms with Crippen molar-refractivity contribution in [2.24, 2.45) is 5.73 Å².